The Kier molecular flexibility index (Phi) is 13.1. The first-order chi connectivity index (χ1) is 17.2. The van der Waals surface area contributed by atoms with Gasteiger partial charge in [0.25, 0.3) is 0 Å². The van der Waals surface area contributed by atoms with Crippen LogP contribution in [0.1, 0.15) is 102 Å². The van der Waals surface area contributed by atoms with Crippen LogP contribution in [0.25, 0.3) is 11.4 Å². The minimum atomic E-state index is 0.0275. The zero-order valence-corrected chi connectivity index (χ0v) is 22.1. The maximum Gasteiger partial charge on any atom is 0.159 e. The Morgan fingerprint density at radius 1 is 0.971 bits per heavy atom. The predicted octanol–water partition coefficient (Wildman–Crippen LogP) is 8.25. The zero-order chi connectivity index (χ0) is 24.6. The number of aryl methyl sites for hydroxylation is 2. The van der Waals surface area contributed by atoms with Gasteiger partial charge in [-0.3, -0.25) is 0 Å². The Labute approximate surface area is 213 Å². The Hall–Kier alpha value is -2.04. The largest absolute Gasteiger partial charge is 0.353 e. The molecule has 2 heterocycles. The Morgan fingerprint density at radius 2 is 1.80 bits per heavy atom. The molecule has 0 bridgehead atoms. The van der Waals surface area contributed by atoms with E-state index >= 15 is 0 Å². The molecule has 0 aliphatic carbocycles. The summed E-state index contributed by atoms with van der Waals surface area (Å²) in [6, 6.07) is 10.9. The van der Waals surface area contributed by atoms with E-state index in [1.165, 1.54) is 69.8 Å². The smallest absolute Gasteiger partial charge is 0.159 e. The molecule has 1 fully saturated rings. The van der Waals surface area contributed by atoms with Crippen molar-refractivity contribution < 1.29 is 9.47 Å². The van der Waals surface area contributed by atoms with E-state index in [9.17, 15) is 0 Å². The van der Waals surface area contributed by atoms with Crippen molar-refractivity contribution in [2.24, 2.45) is 0 Å². The molecule has 1 aromatic carbocycles. The molecule has 35 heavy (non-hydrogen) atoms. The number of hydrogen-bond acceptors (Lipinski definition) is 4. The van der Waals surface area contributed by atoms with Crippen molar-refractivity contribution in [3.8, 4) is 11.4 Å². The standard InChI is InChI=1S/C31H46N2O2/c1-3-4-5-6-7-8-12-17-29-23-24-32-31(33-29)28-21-19-27(20-22-28)16-11-9-10-15-26(2)35-30-18-13-14-25-34-30/h5-6,19-24,26,30H,3-4,7-18,25H2,1-2H3. The minimum absolute atomic E-state index is 0.0275. The highest BCUT2D eigenvalue weighted by Crippen LogP contribution is 2.20. The molecule has 0 N–H and O–H groups in total. The first-order valence-corrected chi connectivity index (χ1v) is 14.1. The lowest BCUT2D eigenvalue weighted by Gasteiger charge is -2.26. The topological polar surface area (TPSA) is 44.2 Å². The number of hydrogen-bond donors (Lipinski definition) is 0. The number of allylic oxidation sites excluding steroid dienone is 2. The summed E-state index contributed by atoms with van der Waals surface area (Å²) in [5.41, 5.74) is 3.64. The van der Waals surface area contributed by atoms with E-state index in [0.29, 0.717) is 0 Å². The van der Waals surface area contributed by atoms with Crippen molar-refractivity contribution in [3.63, 3.8) is 0 Å². The monoisotopic (exact) mass is 478 g/mol. The summed E-state index contributed by atoms with van der Waals surface area (Å²) in [4.78, 5) is 9.33. The summed E-state index contributed by atoms with van der Waals surface area (Å²) < 4.78 is 11.7. The molecule has 4 nitrogen and oxygen atoms in total. The van der Waals surface area contributed by atoms with Crippen LogP contribution in [-0.2, 0) is 22.3 Å². The molecule has 0 spiro atoms. The molecule has 0 amide bonds. The summed E-state index contributed by atoms with van der Waals surface area (Å²) in [5.74, 6) is 0.841. The van der Waals surface area contributed by atoms with E-state index in [1.54, 1.807) is 0 Å². The molecule has 3 rings (SSSR count). The summed E-state index contributed by atoms with van der Waals surface area (Å²) in [6.07, 6.45) is 23.2. The molecule has 0 saturated carbocycles. The van der Waals surface area contributed by atoms with E-state index in [-0.39, 0.29) is 12.4 Å². The lowest BCUT2D eigenvalue weighted by Crippen LogP contribution is -2.26. The van der Waals surface area contributed by atoms with Crippen LogP contribution in [0, 0.1) is 0 Å². The second kappa shape index (κ2) is 16.6. The van der Waals surface area contributed by atoms with Gasteiger partial charge in [0.05, 0.1) is 6.10 Å². The van der Waals surface area contributed by atoms with Gasteiger partial charge in [0.2, 0.25) is 0 Å². The SMILES string of the molecule is CCCC=CCCCCc1ccnc(-c2ccc(CCCCCC(C)OC3CCCCO3)cc2)n1. The normalized spacial score (nSPS) is 17.1. The predicted molar refractivity (Wildman–Crippen MR) is 145 cm³/mol. The van der Waals surface area contributed by atoms with Gasteiger partial charge in [-0.25, -0.2) is 9.97 Å². The van der Waals surface area contributed by atoms with Gasteiger partial charge in [0, 0.05) is 24.1 Å². The fraction of sp³-hybridized carbons (Fsp3) is 0.613. The highest BCUT2D eigenvalue weighted by molar-refractivity contribution is 5.55. The van der Waals surface area contributed by atoms with Crippen molar-refractivity contribution in [1.29, 1.82) is 0 Å². The van der Waals surface area contributed by atoms with E-state index in [0.717, 1.165) is 49.4 Å². The van der Waals surface area contributed by atoms with Crippen LogP contribution in [0.3, 0.4) is 0 Å². The van der Waals surface area contributed by atoms with Crippen LogP contribution in [-0.4, -0.2) is 29.0 Å². The fourth-order valence-electron chi connectivity index (χ4n) is 4.55. The molecule has 1 aromatic heterocycles. The van der Waals surface area contributed by atoms with Gasteiger partial charge in [0.15, 0.2) is 12.1 Å². The van der Waals surface area contributed by atoms with Gasteiger partial charge in [0.1, 0.15) is 0 Å². The van der Waals surface area contributed by atoms with Crippen molar-refractivity contribution in [2.45, 2.75) is 116 Å². The average Bonchev–Trinajstić information content (AvgIpc) is 2.89. The van der Waals surface area contributed by atoms with E-state index in [4.69, 9.17) is 14.5 Å². The molecule has 1 saturated heterocycles. The first kappa shape index (κ1) is 27.5. The summed E-state index contributed by atoms with van der Waals surface area (Å²) in [6.45, 7) is 5.25. The zero-order valence-electron chi connectivity index (χ0n) is 22.1. The molecule has 2 aromatic rings. The van der Waals surface area contributed by atoms with Gasteiger partial charge >= 0.3 is 0 Å². The van der Waals surface area contributed by atoms with E-state index < -0.39 is 0 Å². The van der Waals surface area contributed by atoms with Crippen molar-refractivity contribution in [3.05, 3.63) is 59.9 Å². The Balaban J connectivity index is 1.33. The summed E-state index contributed by atoms with van der Waals surface area (Å²) in [5, 5.41) is 0. The Bertz CT molecular complexity index is 843. The number of nitrogens with zero attached hydrogens (tertiary/aromatic N) is 2. The van der Waals surface area contributed by atoms with Crippen LogP contribution >= 0.6 is 0 Å². The average molecular weight is 479 g/mol. The third-order valence-corrected chi connectivity index (χ3v) is 6.70. The second-order valence-corrected chi connectivity index (χ2v) is 9.92. The van der Waals surface area contributed by atoms with E-state index in [2.05, 4.69) is 61.3 Å². The fourth-order valence-corrected chi connectivity index (χ4v) is 4.55. The Morgan fingerprint density at radius 3 is 2.60 bits per heavy atom. The third-order valence-electron chi connectivity index (χ3n) is 6.70. The lowest BCUT2D eigenvalue weighted by atomic mass is 10.0. The maximum atomic E-state index is 6.03. The van der Waals surface area contributed by atoms with Crippen LogP contribution in [0.5, 0.6) is 0 Å². The summed E-state index contributed by atoms with van der Waals surface area (Å²) >= 11 is 0. The number of benzene rings is 1. The van der Waals surface area contributed by atoms with Gasteiger partial charge in [-0.05, 0) is 89.2 Å². The molecule has 4 heteroatoms. The molecule has 0 radical (unpaired) electrons. The second-order valence-electron chi connectivity index (χ2n) is 9.92. The first-order valence-electron chi connectivity index (χ1n) is 14.1. The number of unbranched alkanes of at least 4 members (excludes halogenated alkanes) is 5. The lowest BCUT2D eigenvalue weighted by molar-refractivity contribution is -0.185. The maximum absolute atomic E-state index is 6.03. The molecule has 2 unspecified atom stereocenters. The number of rotatable bonds is 16. The highest BCUT2D eigenvalue weighted by atomic mass is 16.7. The van der Waals surface area contributed by atoms with Crippen molar-refractivity contribution in [2.75, 3.05) is 6.61 Å². The van der Waals surface area contributed by atoms with Gasteiger partial charge in [-0.1, -0.05) is 62.6 Å². The van der Waals surface area contributed by atoms with Gasteiger partial charge in [-0.15, -0.1) is 0 Å². The molecule has 2 atom stereocenters. The number of ether oxygens (including phenoxy) is 2. The van der Waals surface area contributed by atoms with Gasteiger partial charge < -0.3 is 9.47 Å². The van der Waals surface area contributed by atoms with Crippen LogP contribution < -0.4 is 0 Å². The van der Waals surface area contributed by atoms with Crippen molar-refractivity contribution >= 4 is 0 Å². The van der Waals surface area contributed by atoms with E-state index in [1.807, 2.05) is 6.20 Å². The van der Waals surface area contributed by atoms with Crippen molar-refractivity contribution in [1.82, 2.24) is 9.97 Å². The quantitative estimate of drug-likeness (QED) is 0.180. The van der Waals surface area contributed by atoms with Gasteiger partial charge in [-0.2, -0.15) is 0 Å². The molecular weight excluding hydrogens is 432 g/mol. The molecular formula is C31H46N2O2. The molecule has 1 aliphatic rings. The van der Waals surface area contributed by atoms with Crippen LogP contribution in [0.4, 0.5) is 0 Å². The van der Waals surface area contributed by atoms with Crippen LogP contribution in [0.15, 0.2) is 48.7 Å². The minimum Gasteiger partial charge on any atom is -0.353 e. The third kappa shape index (κ3) is 11.0. The molecule has 192 valence electrons. The highest BCUT2D eigenvalue weighted by Gasteiger charge is 2.16. The summed E-state index contributed by atoms with van der Waals surface area (Å²) in [7, 11) is 0. The molecule has 1 aliphatic heterocycles. The number of aromatic nitrogens is 2. The van der Waals surface area contributed by atoms with Crippen LogP contribution in [0.2, 0.25) is 0 Å².